The van der Waals surface area contributed by atoms with Gasteiger partial charge in [0, 0.05) is 6.04 Å². The van der Waals surface area contributed by atoms with Gasteiger partial charge in [-0.25, -0.2) is 0 Å². The molecule has 0 bridgehead atoms. The molecule has 0 saturated heterocycles. The van der Waals surface area contributed by atoms with Crippen molar-refractivity contribution >= 4 is 0 Å². The molecule has 0 spiro atoms. The van der Waals surface area contributed by atoms with Crippen molar-refractivity contribution in [3.05, 3.63) is 47.6 Å². The summed E-state index contributed by atoms with van der Waals surface area (Å²) in [5.41, 5.74) is 2.36. The molecule has 0 radical (unpaired) electrons. The Kier molecular flexibility index (Phi) is 3.54. The van der Waals surface area contributed by atoms with Crippen LogP contribution in [-0.4, -0.2) is 16.2 Å². The smallest absolute Gasteiger partial charge is 0.248 e. The maximum Gasteiger partial charge on any atom is 0.248 e. The predicted molar refractivity (Wildman–Crippen MR) is 65.6 cm³/mol. The quantitative estimate of drug-likeness (QED) is 0.878. The van der Waals surface area contributed by atoms with Crippen LogP contribution in [0.25, 0.3) is 0 Å². The Hall–Kier alpha value is -1.68. The second-order valence-electron chi connectivity index (χ2n) is 4.45. The van der Waals surface area contributed by atoms with E-state index in [9.17, 15) is 0 Å². The van der Waals surface area contributed by atoms with Gasteiger partial charge in [0.05, 0.1) is 0 Å². The zero-order valence-electron chi connectivity index (χ0n) is 10.3. The zero-order chi connectivity index (χ0) is 12.3. The second kappa shape index (κ2) is 5.10. The lowest BCUT2D eigenvalue weighted by molar-refractivity contribution is 0.339. The highest BCUT2D eigenvalue weighted by Gasteiger charge is 2.19. The maximum absolute atomic E-state index is 5.17. The van der Waals surface area contributed by atoms with Crippen LogP contribution >= 0.6 is 0 Å². The molecule has 17 heavy (non-hydrogen) atoms. The van der Waals surface area contributed by atoms with Crippen molar-refractivity contribution in [3.8, 4) is 0 Å². The summed E-state index contributed by atoms with van der Waals surface area (Å²) < 4.78 is 5.17. The van der Waals surface area contributed by atoms with E-state index in [1.807, 2.05) is 6.07 Å². The lowest BCUT2D eigenvalue weighted by atomic mass is 10.0. The lowest BCUT2D eigenvalue weighted by Gasteiger charge is -2.18. The largest absolute Gasteiger partial charge is 0.338 e. The Morgan fingerprint density at radius 3 is 2.71 bits per heavy atom. The molecule has 0 aliphatic rings. The number of rotatable bonds is 4. The third-order valence-corrected chi connectivity index (χ3v) is 2.50. The van der Waals surface area contributed by atoms with Crippen molar-refractivity contribution < 1.29 is 4.52 Å². The van der Waals surface area contributed by atoms with Crippen LogP contribution in [0.4, 0.5) is 0 Å². The van der Waals surface area contributed by atoms with Crippen LogP contribution < -0.4 is 5.32 Å². The van der Waals surface area contributed by atoms with Gasteiger partial charge in [0.15, 0.2) is 6.33 Å². The Balaban J connectivity index is 2.33. The van der Waals surface area contributed by atoms with Gasteiger partial charge >= 0.3 is 0 Å². The fourth-order valence-corrected chi connectivity index (χ4v) is 1.80. The van der Waals surface area contributed by atoms with Crippen LogP contribution in [0, 0.1) is 6.92 Å². The van der Waals surface area contributed by atoms with Crippen LogP contribution in [0.5, 0.6) is 0 Å². The number of nitrogens with one attached hydrogen (secondary N) is 1. The normalized spacial score (nSPS) is 12.9. The molecule has 1 unspecified atom stereocenters. The van der Waals surface area contributed by atoms with Crippen LogP contribution in [-0.2, 0) is 0 Å². The van der Waals surface area contributed by atoms with Gasteiger partial charge in [-0.15, -0.1) is 0 Å². The molecule has 4 heteroatoms. The molecule has 1 N–H and O–H groups in total. The van der Waals surface area contributed by atoms with E-state index in [-0.39, 0.29) is 6.04 Å². The molecule has 0 fully saturated rings. The Morgan fingerprint density at radius 1 is 1.29 bits per heavy atom. The minimum atomic E-state index is -0.0441. The maximum atomic E-state index is 5.17. The van der Waals surface area contributed by atoms with E-state index >= 15 is 0 Å². The summed E-state index contributed by atoms with van der Waals surface area (Å²) in [5, 5.41) is 7.10. The van der Waals surface area contributed by atoms with E-state index in [1.54, 1.807) is 0 Å². The molecule has 1 atom stereocenters. The van der Waals surface area contributed by atoms with Gasteiger partial charge in [0.25, 0.3) is 0 Å². The number of aromatic nitrogens is 2. The number of hydrogen-bond acceptors (Lipinski definition) is 4. The molecule has 0 aliphatic heterocycles. The van der Waals surface area contributed by atoms with Crippen LogP contribution in [0.1, 0.15) is 36.9 Å². The molecule has 4 nitrogen and oxygen atoms in total. The summed E-state index contributed by atoms with van der Waals surface area (Å²) in [7, 11) is 0. The molecule has 2 aromatic rings. The van der Waals surface area contributed by atoms with Gasteiger partial charge in [-0.1, -0.05) is 35.0 Å². The summed E-state index contributed by atoms with van der Waals surface area (Å²) in [4.78, 5) is 4.14. The topological polar surface area (TPSA) is 51.0 Å². The molecule has 2 rings (SSSR count). The SMILES string of the molecule is Cc1cccc(C(NC(C)C)c2ncno2)c1. The molecular weight excluding hydrogens is 214 g/mol. The minimum absolute atomic E-state index is 0.0441. The van der Waals surface area contributed by atoms with Gasteiger partial charge < -0.3 is 4.52 Å². The van der Waals surface area contributed by atoms with E-state index in [1.165, 1.54) is 11.9 Å². The van der Waals surface area contributed by atoms with E-state index in [0.717, 1.165) is 5.56 Å². The van der Waals surface area contributed by atoms with Gasteiger partial charge in [0.1, 0.15) is 6.04 Å². The Morgan fingerprint density at radius 2 is 2.12 bits per heavy atom. The predicted octanol–water partition coefficient (Wildman–Crippen LogP) is 2.47. The average Bonchev–Trinajstić information content (AvgIpc) is 2.79. The van der Waals surface area contributed by atoms with Gasteiger partial charge in [-0.2, -0.15) is 4.98 Å². The first-order valence-electron chi connectivity index (χ1n) is 5.76. The van der Waals surface area contributed by atoms with Gasteiger partial charge in [-0.05, 0) is 26.3 Å². The average molecular weight is 231 g/mol. The van der Waals surface area contributed by atoms with Crippen molar-refractivity contribution in [1.82, 2.24) is 15.5 Å². The number of hydrogen-bond donors (Lipinski definition) is 1. The fourth-order valence-electron chi connectivity index (χ4n) is 1.80. The number of benzene rings is 1. The Labute approximate surface area is 101 Å². The second-order valence-corrected chi connectivity index (χ2v) is 4.45. The summed E-state index contributed by atoms with van der Waals surface area (Å²) in [5.74, 6) is 0.601. The van der Waals surface area contributed by atoms with Crippen molar-refractivity contribution in [3.63, 3.8) is 0 Å². The minimum Gasteiger partial charge on any atom is -0.338 e. The highest BCUT2D eigenvalue weighted by molar-refractivity contribution is 5.28. The molecule has 1 aromatic heterocycles. The van der Waals surface area contributed by atoms with Crippen LogP contribution in [0.2, 0.25) is 0 Å². The Bertz CT molecular complexity index is 465. The molecule has 90 valence electrons. The van der Waals surface area contributed by atoms with E-state index < -0.39 is 0 Å². The van der Waals surface area contributed by atoms with Crippen molar-refractivity contribution in [2.75, 3.05) is 0 Å². The van der Waals surface area contributed by atoms with Crippen molar-refractivity contribution in [2.24, 2.45) is 0 Å². The van der Waals surface area contributed by atoms with E-state index in [0.29, 0.717) is 11.9 Å². The van der Waals surface area contributed by atoms with Gasteiger partial charge in [0.2, 0.25) is 5.89 Å². The number of aryl methyl sites for hydroxylation is 1. The van der Waals surface area contributed by atoms with Crippen molar-refractivity contribution in [2.45, 2.75) is 32.9 Å². The lowest BCUT2D eigenvalue weighted by Crippen LogP contribution is -2.29. The third-order valence-electron chi connectivity index (χ3n) is 2.50. The van der Waals surface area contributed by atoms with Crippen LogP contribution in [0.15, 0.2) is 35.1 Å². The molecule has 0 saturated carbocycles. The standard InChI is InChI=1S/C13H17N3O/c1-9(2)16-12(13-14-8-15-17-13)11-6-4-5-10(3)7-11/h4-9,12,16H,1-3H3. The molecule has 0 amide bonds. The first kappa shape index (κ1) is 11.8. The van der Waals surface area contributed by atoms with Gasteiger partial charge in [-0.3, -0.25) is 5.32 Å². The fraction of sp³-hybridized carbons (Fsp3) is 0.385. The van der Waals surface area contributed by atoms with E-state index in [2.05, 4.69) is 54.4 Å². The number of nitrogens with zero attached hydrogens (tertiary/aromatic N) is 2. The summed E-state index contributed by atoms with van der Waals surface area (Å²) in [6.07, 6.45) is 1.43. The molecule has 1 aromatic carbocycles. The molecule has 0 aliphatic carbocycles. The summed E-state index contributed by atoms with van der Waals surface area (Å²) >= 11 is 0. The third kappa shape index (κ3) is 2.91. The summed E-state index contributed by atoms with van der Waals surface area (Å²) in [6, 6.07) is 8.60. The monoisotopic (exact) mass is 231 g/mol. The van der Waals surface area contributed by atoms with Crippen molar-refractivity contribution in [1.29, 1.82) is 0 Å². The van der Waals surface area contributed by atoms with E-state index in [4.69, 9.17) is 4.52 Å². The highest BCUT2D eigenvalue weighted by Crippen LogP contribution is 2.21. The molecule has 1 heterocycles. The van der Waals surface area contributed by atoms with Crippen LogP contribution in [0.3, 0.4) is 0 Å². The highest BCUT2D eigenvalue weighted by atomic mass is 16.5. The summed E-state index contributed by atoms with van der Waals surface area (Å²) in [6.45, 7) is 6.27. The first-order valence-corrected chi connectivity index (χ1v) is 5.76. The zero-order valence-corrected chi connectivity index (χ0v) is 10.3. The molecular formula is C13H17N3O. The first-order chi connectivity index (χ1) is 8.16.